The monoisotopic (exact) mass is 439 g/mol. The molecule has 172 valence electrons. The summed E-state index contributed by atoms with van der Waals surface area (Å²) in [5.41, 5.74) is 3.07. The minimum atomic E-state index is -0.435. The van der Waals surface area contributed by atoms with Gasteiger partial charge in [0, 0.05) is 52.2 Å². The number of carbonyl (C=O) groups is 1. The third-order valence-corrected chi connectivity index (χ3v) is 5.26. The van der Waals surface area contributed by atoms with Crippen molar-refractivity contribution in [2.45, 2.75) is 26.7 Å². The zero-order chi connectivity index (χ0) is 23.7. The van der Waals surface area contributed by atoms with Gasteiger partial charge in [0.15, 0.2) is 0 Å². The van der Waals surface area contributed by atoms with Gasteiger partial charge >= 0.3 is 0 Å². The zero-order valence-corrected chi connectivity index (χ0v) is 19.8. The van der Waals surface area contributed by atoms with Crippen molar-refractivity contribution in [2.75, 3.05) is 44.4 Å². The van der Waals surface area contributed by atoms with E-state index in [0.717, 1.165) is 24.6 Å². The third kappa shape index (κ3) is 7.11. The van der Waals surface area contributed by atoms with Gasteiger partial charge in [0.2, 0.25) is 0 Å². The normalized spacial score (nSPS) is 11.7. The first-order valence-corrected chi connectivity index (χ1v) is 10.7. The number of amidine groups is 1. The van der Waals surface area contributed by atoms with Gasteiger partial charge in [-0.2, -0.15) is 0 Å². The van der Waals surface area contributed by atoms with E-state index in [0.29, 0.717) is 11.6 Å². The van der Waals surface area contributed by atoms with Crippen molar-refractivity contribution >= 4 is 23.1 Å². The summed E-state index contributed by atoms with van der Waals surface area (Å²) in [7, 11) is 5.82. The largest absolute Gasteiger partial charge is 0.393 e. The van der Waals surface area contributed by atoms with Crippen LogP contribution in [0.25, 0.3) is 0 Å². The minimum absolute atomic E-state index is 0.285. The average Bonchev–Trinajstić information content (AvgIpc) is 2.77. The number of benzene rings is 2. The van der Waals surface area contributed by atoms with Gasteiger partial charge in [0.05, 0.1) is 11.4 Å². The third-order valence-electron chi connectivity index (χ3n) is 5.26. The zero-order valence-electron chi connectivity index (χ0n) is 19.8. The van der Waals surface area contributed by atoms with Crippen molar-refractivity contribution in [2.24, 2.45) is 4.99 Å². The Balaban J connectivity index is 2.20. The number of likely N-dealkylation sites (N-methyl/N-ethyl adjacent to an activating group) is 2. The first-order valence-electron chi connectivity index (χ1n) is 10.7. The molecule has 0 aliphatic rings. The molecule has 0 unspecified atom stereocenters. The van der Waals surface area contributed by atoms with Gasteiger partial charge in [0.1, 0.15) is 11.7 Å². The molecule has 0 spiro atoms. The summed E-state index contributed by atoms with van der Waals surface area (Å²) in [6.07, 6.45) is 3.50. The molecule has 2 rings (SSSR count). The second-order valence-corrected chi connectivity index (χ2v) is 8.02. The Morgan fingerprint density at radius 1 is 1.16 bits per heavy atom. The van der Waals surface area contributed by atoms with Gasteiger partial charge in [-0.3, -0.25) is 4.79 Å². The van der Waals surface area contributed by atoms with Crippen LogP contribution in [0.15, 0.2) is 59.9 Å². The molecule has 0 bridgehead atoms. The van der Waals surface area contributed by atoms with Crippen LogP contribution in [-0.2, 0) is 0 Å². The average molecular weight is 440 g/mol. The van der Waals surface area contributed by atoms with Crippen LogP contribution >= 0.6 is 0 Å². The van der Waals surface area contributed by atoms with E-state index < -0.39 is 5.82 Å². The number of hydrogen-bond acceptors (Lipinski definition) is 4. The highest BCUT2D eigenvalue weighted by Gasteiger charge is 2.15. The Hall–Kier alpha value is -3.35. The van der Waals surface area contributed by atoms with Gasteiger partial charge < -0.3 is 20.4 Å². The number of anilines is 2. The van der Waals surface area contributed by atoms with Crippen LogP contribution in [-0.4, -0.2) is 50.9 Å². The first-order chi connectivity index (χ1) is 15.2. The van der Waals surface area contributed by atoms with Crippen LogP contribution < -0.4 is 15.5 Å². The maximum Gasteiger partial charge on any atom is 0.255 e. The number of nitrogens with zero attached hydrogens (tertiary/aromatic N) is 3. The van der Waals surface area contributed by atoms with Gasteiger partial charge in [-0.1, -0.05) is 26.0 Å². The lowest BCUT2D eigenvalue weighted by atomic mass is 10.0. The second-order valence-electron chi connectivity index (χ2n) is 8.02. The molecule has 0 saturated heterocycles. The number of rotatable bonds is 9. The van der Waals surface area contributed by atoms with Crippen molar-refractivity contribution < 1.29 is 9.18 Å². The van der Waals surface area contributed by atoms with Crippen LogP contribution in [0.2, 0.25) is 0 Å². The quantitative estimate of drug-likeness (QED) is 0.440. The van der Waals surface area contributed by atoms with E-state index in [4.69, 9.17) is 0 Å². The predicted octanol–water partition coefficient (Wildman–Crippen LogP) is 4.68. The molecule has 2 aromatic rings. The Morgan fingerprint density at radius 3 is 2.56 bits per heavy atom. The Bertz CT molecular complexity index is 971. The number of hydrogen-bond donors (Lipinski definition) is 2. The first kappa shape index (κ1) is 24.9. The molecule has 0 radical (unpaired) electrons. The van der Waals surface area contributed by atoms with Crippen molar-refractivity contribution in [1.82, 2.24) is 10.2 Å². The van der Waals surface area contributed by atoms with Crippen LogP contribution in [0.3, 0.4) is 0 Å². The van der Waals surface area contributed by atoms with E-state index in [1.54, 1.807) is 18.5 Å². The highest BCUT2D eigenvalue weighted by Crippen LogP contribution is 2.30. The van der Waals surface area contributed by atoms with E-state index in [1.165, 1.54) is 23.8 Å². The highest BCUT2D eigenvalue weighted by atomic mass is 19.1. The molecule has 0 aliphatic carbocycles. The lowest BCUT2D eigenvalue weighted by Crippen LogP contribution is -2.34. The number of carbonyl (C=O) groups excluding carboxylic acids is 1. The fraction of sp³-hybridized carbons (Fsp3) is 0.360. The molecule has 0 aliphatic heterocycles. The van der Waals surface area contributed by atoms with Crippen molar-refractivity contribution in [3.8, 4) is 0 Å². The Kier molecular flexibility index (Phi) is 9.25. The molecule has 0 heterocycles. The van der Waals surface area contributed by atoms with E-state index in [2.05, 4.69) is 45.3 Å². The number of halogens is 1. The van der Waals surface area contributed by atoms with Gasteiger partial charge in [-0.25, -0.2) is 9.38 Å². The summed E-state index contributed by atoms with van der Waals surface area (Å²) in [4.78, 5) is 21.3. The number of amides is 1. The second kappa shape index (κ2) is 11.9. The molecule has 0 saturated carbocycles. The molecule has 0 aromatic heterocycles. The summed E-state index contributed by atoms with van der Waals surface area (Å²) < 4.78 is 13.5. The summed E-state index contributed by atoms with van der Waals surface area (Å²) in [6, 6.07) is 11.7. The van der Waals surface area contributed by atoms with Crippen molar-refractivity contribution in [1.29, 1.82) is 0 Å². The fourth-order valence-corrected chi connectivity index (χ4v) is 3.05. The topological polar surface area (TPSA) is 60.0 Å². The molecule has 6 nitrogen and oxygen atoms in total. The lowest BCUT2D eigenvalue weighted by molar-refractivity contribution is 0.102. The molecule has 2 N–H and O–H groups in total. The number of aliphatic imine (C=N–C) groups is 1. The molecule has 7 heteroatoms. The van der Waals surface area contributed by atoms with E-state index in [1.807, 2.05) is 40.2 Å². The van der Waals surface area contributed by atoms with Crippen LogP contribution in [0.1, 0.15) is 42.6 Å². The maximum atomic E-state index is 13.5. The van der Waals surface area contributed by atoms with Crippen molar-refractivity contribution in [3.05, 3.63) is 71.8 Å². The summed E-state index contributed by atoms with van der Waals surface area (Å²) in [5.74, 6) is 0.481. The molecule has 1 amide bonds. The maximum absolute atomic E-state index is 13.5. The number of nitrogens with one attached hydrogen (secondary N) is 2. The van der Waals surface area contributed by atoms with Gasteiger partial charge in [-0.05, 0) is 48.7 Å². The Labute approximate surface area is 190 Å². The van der Waals surface area contributed by atoms with E-state index in [-0.39, 0.29) is 11.5 Å². The van der Waals surface area contributed by atoms with Crippen LogP contribution in [0, 0.1) is 5.82 Å². The minimum Gasteiger partial charge on any atom is -0.393 e. The highest BCUT2D eigenvalue weighted by molar-refractivity contribution is 6.06. The van der Waals surface area contributed by atoms with E-state index >= 15 is 0 Å². The van der Waals surface area contributed by atoms with Crippen molar-refractivity contribution in [3.63, 3.8) is 0 Å². The molecule has 2 aromatic carbocycles. The molecular formula is C25H34FN5O. The smallest absolute Gasteiger partial charge is 0.255 e. The Morgan fingerprint density at radius 2 is 1.91 bits per heavy atom. The molecule has 0 atom stereocenters. The van der Waals surface area contributed by atoms with E-state index in [9.17, 15) is 9.18 Å². The summed E-state index contributed by atoms with van der Waals surface area (Å²) in [6.45, 7) is 7.71. The standard InChI is InChI=1S/C25H34FN5O/c1-18(2)20-10-11-23(29-25(32)21-8-7-9-22(26)16-21)24(17-20)31(6)15-14-30(5)19(3)28-13-12-27-4/h7-13,16-18,27H,14-15H2,1-6H3,(H,29,32)/b13-12-,28-19?. The summed E-state index contributed by atoms with van der Waals surface area (Å²) in [5, 5.41) is 5.86. The molecule has 0 fully saturated rings. The van der Waals surface area contributed by atoms with Gasteiger partial charge in [-0.15, -0.1) is 0 Å². The molecular weight excluding hydrogens is 405 g/mol. The van der Waals surface area contributed by atoms with Crippen LogP contribution in [0.4, 0.5) is 15.8 Å². The summed E-state index contributed by atoms with van der Waals surface area (Å²) >= 11 is 0. The fourth-order valence-electron chi connectivity index (χ4n) is 3.05. The van der Waals surface area contributed by atoms with Crippen LogP contribution in [0.5, 0.6) is 0 Å². The van der Waals surface area contributed by atoms with Gasteiger partial charge in [0.25, 0.3) is 5.91 Å². The predicted molar refractivity (Wildman–Crippen MR) is 132 cm³/mol. The molecule has 32 heavy (non-hydrogen) atoms. The SMILES string of the molecule is CN/C=C\N=C(C)N(C)CCN(C)c1cc(C(C)C)ccc1NC(=O)c1cccc(F)c1. The lowest BCUT2D eigenvalue weighted by Gasteiger charge is -2.27.